The van der Waals surface area contributed by atoms with Crippen molar-refractivity contribution in [3.8, 4) is 0 Å². The van der Waals surface area contributed by atoms with Crippen molar-refractivity contribution in [2.24, 2.45) is 0 Å². The standard InChI is InChI=1S/C18H17N3O2/c1-3-5-11-15(4-2)21-13-12-16(22)17(20-21)18(23)19-14-9-7-6-8-10-14/h3-13H,2H2,1H3,(H,19,23)/b5-3-,15-11+. The molecule has 0 atom stereocenters. The number of allylic oxidation sites excluding steroid dienone is 5. The molecule has 0 radical (unpaired) electrons. The number of benzene rings is 1. The highest BCUT2D eigenvalue weighted by atomic mass is 16.2. The number of nitrogens with zero attached hydrogens (tertiary/aromatic N) is 2. The largest absolute Gasteiger partial charge is 0.320 e. The molecular formula is C18H17N3O2. The molecule has 0 aliphatic carbocycles. The van der Waals surface area contributed by atoms with Crippen LogP contribution in [0.5, 0.6) is 0 Å². The van der Waals surface area contributed by atoms with Crippen LogP contribution in [0.4, 0.5) is 5.69 Å². The first-order chi connectivity index (χ1) is 11.2. The fourth-order valence-electron chi connectivity index (χ4n) is 1.85. The van der Waals surface area contributed by atoms with Crippen LogP contribution in [-0.2, 0) is 0 Å². The van der Waals surface area contributed by atoms with Gasteiger partial charge >= 0.3 is 0 Å². The zero-order chi connectivity index (χ0) is 16.7. The number of carbonyl (C=O) groups excluding carboxylic acids is 1. The molecule has 2 aromatic rings. The molecule has 0 unspecified atom stereocenters. The first kappa shape index (κ1) is 16.2. The van der Waals surface area contributed by atoms with E-state index >= 15 is 0 Å². The van der Waals surface area contributed by atoms with Gasteiger partial charge in [-0.2, -0.15) is 5.10 Å². The van der Waals surface area contributed by atoms with E-state index in [4.69, 9.17) is 0 Å². The van der Waals surface area contributed by atoms with Crippen LogP contribution in [0.1, 0.15) is 17.4 Å². The van der Waals surface area contributed by atoms with E-state index in [2.05, 4.69) is 17.0 Å². The minimum absolute atomic E-state index is 0.176. The number of para-hydroxylation sites is 1. The molecule has 0 bridgehead atoms. The SMILES string of the molecule is C=C/C(=C\C=C/C)n1ccc(=O)c(C(=O)Nc2ccccc2)n1. The van der Waals surface area contributed by atoms with E-state index in [1.54, 1.807) is 36.4 Å². The monoisotopic (exact) mass is 307 g/mol. The molecule has 0 saturated carbocycles. The maximum absolute atomic E-state index is 12.3. The van der Waals surface area contributed by atoms with E-state index in [1.807, 2.05) is 25.1 Å². The molecule has 5 heteroatoms. The summed E-state index contributed by atoms with van der Waals surface area (Å²) in [5, 5.41) is 6.76. The van der Waals surface area contributed by atoms with Crippen LogP contribution in [0.3, 0.4) is 0 Å². The summed E-state index contributed by atoms with van der Waals surface area (Å²) in [5.74, 6) is -0.551. The van der Waals surface area contributed by atoms with Crippen LogP contribution in [-0.4, -0.2) is 15.7 Å². The lowest BCUT2D eigenvalue weighted by atomic mass is 10.3. The lowest BCUT2D eigenvalue weighted by Crippen LogP contribution is -2.25. The van der Waals surface area contributed by atoms with Gasteiger partial charge in [0.2, 0.25) is 5.43 Å². The number of carbonyl (C=O) groups is 1. The molecule has 23 heavy (non-hydrogen) atoms. The van der Waals surface area contributed by atoms with Crippen molar-refractivity contribution in [2.75, 3.05) is 5.32 Å². The van der Waals surface area contributed by atoms with E-state index in [9.17, 15) is 9.59 Å². The number of hydrogen-bond donors (Lipinski definition) is 1. The summed E-state index contributed by atoms with van der Waals surface area (Å²) in [7, 11) is 0. The van der Waals surface area contributed by atoms with E-state index in [1.165, 1.54) is 16.9 Å². The molecule has 0 aliphatic heterocycles. The number of anilines is 1. The molecule has 1 aromatic heterocycles. The average Bonchev–Trinajstić information content (AvgIpc) is 2.57. The van der Waals surface area contributed by atoms with Gasteiger partial charge < -0.3 is 5.32 Å². The Morgan fingerprint density at radius 3 is 2.65 bits per heavy atom. The third-order valence-corrected chi connectivity index (χ3v) is 2.99. The number of rotatable bonds is 5. The minimum Gasteiger partial charge on any atom is -0.320 e. The van der Waals surface area contributed by atoms with Gasteiger partial charge in [-0.25, -0.2) is 4.68 Å². The summed E-state index contributed by atoms with van der Waals surface area (Å²) >= 11 is 0. The summed E-state index contributed by atoms with van der Waals surface area (Å²) in [5.41, 5.74) is 0.632. The fraction of sp³-hybridized carbons (Fsp3) is 0.0556. The highest BCUT2D eigenvalue weighted by Gasteiger charge is 2.13. The molecule has 0 aliphatic rings. The zero-order valence-corrected chi connectivity index (χ0v) is 12.8. The van der Waals surface area contributed by atoms with Crippen molar-refractivity contribution in [3.63, 3.8) is 0 Å². The van der Waals surface area contributed by atoms with Crippen LogP contribution < -0.4 is 10.7 Å². The first-order valence-electron chi connectivity index (χ1n) is 7.08. The predicted octanol–water partition coefficient (Wildman–Crippen LogP) is 3.10. The Labute approximate surface area is 134 Å². The highest BCUT2D eigenvalue weighted by Crippen LogP contribution is 2.07. The van der Waals surface area contributed by atoms with Crippen molar-refractivity contribution in [2.45, 2.75) is 6.92 Å². The van der Waals surface area contributed by atoms with Gasteiger partial charge in [0.1, 0.15) is 0 Å². The molecule has 0 saturated heterocycles. The number of aromatic nitrogens is 2. The van der Waals surface area contributed by atoms with Gasteiger partial charge in [0, 0.05) is 18.0 Å². The van der Waals surface area contributed by atoms with Gasteiger partial charge in [0.05, 0.1) is 5.70 Å². The maximum Gasteiger partial charge on any atom is 0.280 e. The molecule has 2 rings (SSSR count). The molecule has 5 nitrogen and oxygen atoms in total. The van der Waals surface area contributed by atoms with Gasteiger partial charge in [-0.3, -0.25) is 9.59 Å². The second kappa shape index (κ2) is 7.70. The maximum atomic E-state index is 12.3. The summed E-state index contributed by atoms with van der Waals surface area (Å²) in [6.07, 6.45) is 8.55. The second-order valence-corrected chi connectivity index (χ2v) is 4.61. The number of nitrogens with one attached hydrogen (secondary N) is 1. The molecule has 116 valence electrons. The summed E-state index contributed by atoms with van der Waals surface area (Å²) < 4.78 is 1.44. The van der Waals surface area contributed by atoms with Crippen LogP contribution in [0.2, 0.25) is 0 Å². The Hall–Kier alpha value is -3.21. The Balaban J connectivity index is 2.35. The predicted molar refractivity (Wildman–Crippen MR) is 92.2 cm³/mol. The van der Waals surface area contributed by atoms with E-state index < -0.39 is 11.3 Å². The number of hydrogen-bond acceptors (Lipinski definition) is 3. The Kier molecular flexibility index (Phi) is 5.41. The van der Waals surface area contributed by atoms with Crippen molar-refractivity contribution in [3.05, 3.63) is 89.4 Å². The van der Waals surface area contributed by atoms with E-state index in [-0.39, 0.29) is 5.69 Å². The lowest BCUT2D eigenvalue weighted by Gasteiger charge is -2.08. The molecule has 0 fully saturated rings. The molecule has 1 N–H and O–H groups in total. The second-order valence-electron chi connectivity index (χ2n) is 4.61. The third-order valence-electron chi connectivity index (χ3n) is 2.99. The molecular weight excluding hydrogens is 290 g/mol. The third kappa shape index (κ3) is 4.14. The average molecular weight is 307 g/mol. The molecule has 1 amide bonds. The van der Waals surface area contributed by atoms with Crippen LogP contribution in [0.15, 0.2) is 78.3 Å². The van der Waals surface area contributed by atoms with Gasteiger partial charge in [-0.15, -0.1) is 0 Å². The van der Waals surface area contributed by atoms with Gasteiger partial charge in [0.15, 0.2) is 5.69 Å². The zero-order valence-electron chi connectivity index (χ0n) is 12.8. The van der Waals surface area contributed by atoms with Crippen molar-refractivity contribution >= 4 is 17.3 Å². The summed E-state index contributed by atoms with van der Waals surface area (Å²) in [6, 6.07) is 10.2. The van der Waals surface area contributed by atoms with Crippen molar-refractivity contribution < 1.29 is 4.79 Å². The summed E-state index contributed by atoms with van der Waals surface area (Å²) in [6.45, 7) is 5.60. The van der Waals surface area contributed by atoms with E-state index in [0.29, 0.717) is 11.4 Å². The van der Waals surface area contributed by atoms with Gasteiger partial charge in [0.25, 0.3) is 5.91 Å². The Bertz CT molecular complexity index is 818. The topological polar surface area (TPSA) is 64.0 Å². The first-order valence-corrected chi connectivity index (χ1v) is 7.08. The Morgan fingerprint density at radius 2 is 2.00 bits per heavy atom. The van der Waals surface area contributed by atoms with E-state index in [0.717, 1.165) is 0 Å². The van der Waals surface area contributed by atoms with Gasteiger partial charge in [-0.1, -0.05) is 36.9 Å². The normalized spacial score (nSPS) is 11.4. The van der Waals surface area contributed by atoms with Gasteiger partial charge in [-0.05, 0) is 31.2 Å². The Morgan fingerprint density at radius 1 is 1.26 bits per heavy atom. The van der Waals surface area contributed by atoms with Crippen LogP contribution >= 0.6 is 0 Å². The molecule has 0 spiro atoms. The van der Waals surface area contributed by atoms with Crippen LogP contribution in [0, 0.1) is 0 Å². The smallest absolute Gasteiger partial charge is 0.280 e. The molecule has 1 heterocycles. The fourth-order valence-corrected chi connectivity index (χ4v) is 1.85. The number of amides is 1. The van der Waals surface area contributed by atoms with Crippen molar-refractivity contribution in [1.29, 1.82) is 0 Å². The highest BCUT2D eigenvalue weighted by molar-refractivity contribution is 6.02. The summed E-state index contributed by atoms with van der Waals surface area (Å²) in [4.78, 5) is 24.2. The minimum atomic E-state index is -0.551. The van der Waals surface area contributed by atoms with Crippen molar-refractivity contribution in [1.82, 2.24) is 9.78 Å². The molecule has 1 aromatic carbocycles. The quantitative estimate of drug-likeness (QED) is 0.863. The van der Waals surface area contributed by atoms with Crippen LogP contribution in [0.25, 0.3) is 5.70 Å². The lowest BCUT2D eigenvalue weighted by molar-refractivity contribution is 0.101.